The largest absolute Gasteiger partial charge is 0.383 e. The summed E-state index contributed by atoms with van der Waals surface area (Å²) < 4.78 is 5.22. The fourth-order valence-electron chi connectivity index (χ4n) is 4.45. The van der Waals surface area contributed by atoms with E-state index in [1.165, 1.54) is 5.56 Å². The monoisotopic (exact) mass is 549 g/mol. The molecule has 1 unspecified atom stereocenters. The zero-order valence-corrected chi connectivity index (χ0v) is 23.0. The van der Waals surface area contributed by atoms with Gasteiger partial charge in [-0.1, -0.05) is 47.5 Å². The number of hydrogen-bond acceptors (Lipinski definition) is 6. The van der Waals surface area contributed by atoms with Gasteiger partial charge in [-0.25, -0.2) is 0 Å². The number of piperazine rings is 1. The molecule has 1 saturated heterocycles. The summed E-state index contributed by atoms with van der Waals surface area (Å²) in [5, 5.41) is 7.34. The van der Waals surface area contributed by atoms with E-state index in [2.05, 4.69) is 34.6 Å². The second-order valence-corrected chi connectivity index (χ2v) is 10.1. The number of nitrogens with one attached hydrogen (secondary N) is 2. The van der Waals surface area contributed by atoms with Crippen molar-refractivity contribution in [1.82, 2.24) is 15.5 Å². The van der Waals surface area contributed by atoms with Gasteiger partial charge in [-0.15, -0.1) is 0 Å². The number of hydrogen-bond donors (Lipinski definition) is 3. The lowest BCUT2D eigenvalue weighted by molar-refractivity contribution is -0.136. The van der Waals surface area contributed by atoms with Crippen LogP contribution in [0.3, 0.4) is 0 Å². The van der Waals surface area contributed by atoms with E-state index in [1.54, 1.807) is 25.3 Å². The van der Waals surface area contributed by atoms with Gasteiger partial charge >= 0.3 is 0 Å². The molecule has 1 fully saturated rings. The summed E-state index contributed by atoms with van der Waals surface area (Å²) in [7, 11) is 1.70. The Hall–Kier alpha value is -2.36. The minimum atomic E-state index is -0.733. The summed E-state index contributed by atoms with van der Waals surface area (Å²) in [6, 6.07) is 13.0. The van der Waals surface area contributed by atoms with Gasteiger partial charge in [-0.2, -0.15) is 0 Å². The summed E-state index contributed by atoms with van der Waals surface area (Å²) in [5.41, 5.74) is 8.66. The smallest absolute Gasteiger partial charge is 0.245 e. The van der Waals surface area contributed by atoms with Crippen molar-refractivity contribution in [3.63, 3.8) is 0 Å². The molecule has 0 aliphatic carbocycles. The van der Waals surface area contributed by atoms with E-state index in [9.17, 15) is 9.59 Å². The molecular formula is C27H37Cl2N5O3. The molecule has 10 heteroatoms. The van der Waals surface area contributed by atoms with Gasteiger partial charge in [-0.3, -0.25) is 9.59 Å². The molecule has 0 saturated carbocycles. The normalized spacial score (nSPS) is 15.4. The van der Waals surface area contributed by atoms with Crippen molar-refractivity contribution in [2.24, 2.45) is 5.73 Å². The van der Waals surface area contributed by atoms with Gasteiger partial charge in [0.05, 0.1) is 6.61 Å². The maximum atomic E-state index is 13.5. The number of carbonyl (C=O) groups is 2. The molecule has 202 valence electrons. The van der Waals surface area contributed by atoms with Crippen LogP contribution < -0.4 is 21.3 Å². The summed E-state index contributed by atoms with van der Waals surface area (Å²) in [4.78, 5) is 30.0. The van der Waals surface area contributed by atoms with Crippen LogP contribution in [-0.4, -0.2) is 75.2 Å². The molecular weight excluding hydrogens is 513 g/mol. The predicted molar refractivity (Wildman–Crippen MR) is 149 cm³/mol. The number of anilines is 1. The van der Waals surface area contributed by atoms with Gasteiger partial charge in [0.15, 0.2) is 0 Å². The van der Waals surface area contributed by atoms with E-state index in [4.69, 9.17) is 33.7 Å². The van der Waals surface area contributed by atoms with Crippen LogP contribution in [0.25, 0.3) is 0 Å². The third kappa shape index (κ3) is 8.58. The first kappa shape index (κ1) is 29.2. The lowest BCUT2D eigenvalue weighted by Crippen LogP contribution is -2.56. The third-order valence-electron chi connectivity index (χ3n) is 6.43. The molecule has 0 radical (unpaired) electrons. The molecule has 8 nitrogen and oxygen atoms in total. The molecule has 2 atom stereocenters. The Morgan fingerprint density at radius 2 is 1.81 bits per heavy atom. The second-order valence-electron chi connectivity index (χ2n) is 9.28. The molecule has 4 N–H and O–H groups in total. The Morgan fingerprint density at radius 1 is 1.08 bits per heavy atom. The van der Waals surface area contributed by atoms with Gasteiger partial charge in [0.25, 0.3) is 0 Å². The first-order valence-electron chi connectivity index (χ1n) is 12.6. The highest BCUT2D eigenvalue weighted by molar-refractivity contribution is 6.35. The average Bonchev–Trinajstić information content (AvgIpc) is 2.89. The van der Waals surface area contributed by atoms with Crippen LogP contribution in [0, 0.1) is 0 Å². The molecule has 1 aliphatic rings. The van der Waals surface area contributed by atoms with E-state index < -0.39 is 6.04 Å². The van der Waals surface area contributed by atoms with Crippen molar-refractivity contribution < 1.29 is 14.3 Å². The van der Waals surface area contributed by atoms with Crippen LogP contribution >= 0.6 is 23.2 Å². The number of benzene rings is 2. The van der Waals surface area contributed by atoms with Crippen molar-refractivity contribution in [3.05, 3.63) is 63.6 Å². The van der Waals surface area contributed by atoms with E-state index in [0.29, 0.717) is 42.8 Å². The molecule has 2 aromatic carbocycles. The second kappa shape index (κ2) is 14.5. The molecule has 2 aromatic rings. The molecule has 1 heterocycles. The van der Waals surface area contributed by atoms with E-state index in [1.807, 2.05) is 17.0 Å². The highest BCUT2D eigenvalue weighted by Gasteiger charge is 2.30. The lowest BCUT2D eigenvalue weighted by Gasteiger charge is -2.38. The number of ether oxygens (including phenoxy) is 1. The Balaban J connectivity index is 1.67. The van der Waals surface area contributed by atoms with Gasteiger partial charge in [-0.05, 0) is 36.2 Å². The fraction of sp³-hybridized carbons (Fsp3) is 0.481. The van der Waals surface area contributed by atoms with Crippen LogP contribution in [0.4, 0.5) is 5.69 Å². The van der Waals surface area contributed by atoms with Gasteiger partial charge in [0, 0.05) is 81.0 Å². The highest BCUT2D eigenvalue weighted by Crippen LogP contribution is 2.24. The minimum Gasteiger partial charge on any atom is -0.383 e. The first-order valence-corrected chi connectivity index (χ1v) is 13.3. The highest BCUT2D eigenvalue weighted by atomic mass is 35.5. The summed E-state index contributed by atoms with van der Waals surface area (Å²) in [6.45, 7) is 6.19. The zero-order valence-electron chi connectivity index (χ0n) is 21.5. The van der Waals surface area contributed by atoms with E-state index in [-0.39, 0.29) is 37.2 Å². The molecule has 0 spiro atoms. The Labute approximate surface area is 229 Å². The summed E-state index contributed by atoms with van der Waals surface area (Å²) in [5.74, 6) is -0.381. The summed E-state index contributed by atoms with van der Waals surface area (Å²) in [6.07, 6.45) is 0.430. The predicted octanol–water partition coefficient (Wildman–Crippen LogP) is 2.84. The standard InChI is InChI=1S/C27H37Cl2N5O3/c1-19(18-37-2)31-17-21-5-3-4-6-25(21)33-11-13-34(14-12-33)27(36)24(32-26(35)9-10-30)15-20-7-8-22(28)16-23(20)29/h3-8,16,19,24,31H,9-15,17-18,30H2,1-2H3,(H,32,35)/t19?,24-/m1/s1. The minimum absolute atomic E-state index is 0.126. The van der Waals surface area contributed by atoms with Crippen LogP contribution in [0.1, 0.15) is 24.5 Å². The quantitative estimate of drug-likeness (QED) is 0.376. The van der Waals surface area contributed by atoms with E-state index in [0.717, 1.165) is 17.8 Å². The van der Waals surface area contributed by atoms with Crippen LogP contribution in [0.15, 0.2) is 42.5 Å². The van der Waals surface area contributed by atoms with Crippen molar-refractivity contribution in [2.75, 3.05) is 51.3 Å². The van der Waals surface area contributed by atoms with Gasteiger partial charge < -0.3 is 30.9 Å². The van der Waals surface area contributed by atoms with Crippen molar-refractivity contribution in [3.8, 4) is 0 Å². The van der Waals surface area contributed by atoms with Crippen LogP contribution in [0.5, 0.6) is 0 Å². The Kier molecular flexibility index (Phi) is 11.5. The number of para-hydroxylation sites is 1. The van der Waals surface area contributed by atoms with Gasteiger partial charge in [0.1, 0.15) is 6.04 Å². The Morgan fingerprint density at radius 3 is 2.49 bits per heavy atom. The molecule has 3 rings (SSSR count). The molecule has 37 heavy (non-hydrogen) atoms. The fourth-order valence-corrected chi connectivity index (χ4v) is 4.94. The molecule has 1 aliphatic heterocycles. The zero-order chi connectivity index (χ0) is 26.8. The molecule has 2 amide bonds. The number of amides is 2. The number of halogens is 2. The summed E-state index contributed by atoms with van der Waals surface area (Å²) >= 11 is 12.4. The third-order valence-corrected chi connectivity index (χ3v) is 7.01. The number of methoxy groups -OCH3 is 1. The number of rotatable bonds is 12. The van der Waals surface area contributed by atoms with Crippen molar-refractivity contribution >= 4 is 40.7 Å². The molecule has 0 aromatic heterocycles. The molecule has 0 bridgehead atoms. The van der Waals surface area contributed by atoms with E-state index >= 15 is 0 Å². The number of carbonyl (C=O) groups excluding carboxylic acids is 2. The Bertz CT molecular complexity index is 1050. The van der Waals surface area contributed by atoms with Crippen LogP contribution in [0.2, 0.25) is 10.0 Å². The maximum Gasteiger partial charge on any atom is 0.245 e. The van der Waals surface area contributed by atoms with Crippen LogP contribution in [-0.2, 0) is 27.3 Å². The topological polar surface area (TPSA) is 99.9 Å². The number of nitrogens with zero attached hydrogens (tertiary/aromatic N) is 2. The van der Waals surface area contributed by atoms with Crippen molar-refractivity contribution in [1.29, 1.82) is 0 Å². The first-order chi connectivity index (χ1) is 17.8. The van der Waals surface area contributed by atoms with Gasteiger partial charge in [0.2, 0.25) is 11.8 Å². The maximum absolute atomic E-state index is 13.5. The SMILES string of the molecule is COCC(C)NCc1ccccc1N1CCN(C(=O)[C@@H](Cc2ccc(Cl)cc2Cl)NC(=O)CCN)CC1. The average molecular weight is 551 g/mol. The number of nitrogens with two attached hydrogens (primary N) is 1. The van der Waals surface area contributed by atoms with Crippen molar-refractivity contribution in [2.45, 2.75) is 38.4 Å². The lowest BCUT2D eigenvalue weighted by atomic mass is 10.0.